The van der Waals surface area contributed by atoms with Gasteiger partial charge >= 0.3 is 0 Å². The first kappa shape index (κ1) is 24.0. The van der Waals surface area contributed by atoms with E-state index >= 15 is 0 Å². The van der Waals surface area contributed by atoms with Crippen LogP contribution in [0.2, 0.25) is 10.2 Å². The molecule has 4 rings (SSSR count). The molecular formula is C21H28Cl2N6OS2. The molecule has 1 unspecified atom stereocenters. The highest BCUT2D eigenvalue weighted by Crippen LogP contribution is 2.50. The van der Waals surface area contributed by atoms with Gasteiger partial charge in [0, 0.05) is 30.2 Å². The Kier molecular flexibility index (Phi) is 6.94. The summed E-state index contributed by atoms with van der Waals surface area (Å²) < 4.78 is 15.7. The normalized spacial score (nSPS) is 21.4. The molecule has 0 amide bonds. The molecule has 1 aliphatic heterocycles. The first-order chi connectivity index (χ1) is 15.1. The van der Waals surface area contributed by atoms with Gasteiger partial charge in [-0.1, -0.05) is 35.0 Å². The summed E-state index contributed by atoms with van der Waals surface area (Å²) in [6, 6.07) is 2.09. The minimum atomic E-state index is -1.04. The maximum Gasteiger partial charge on any atom is 0.158 e. The van der Waals surface area contributed by atoms with E-state index in [4.69, 9.17) is 28.9 Å². The third kappa shape index (κ3) is 4.87. The van der Waals surface area contributed by atoms with Crippen LogP contribution in [-0.4, -0.2) is 43.0 Å². The molecule has 1 aliphatic carbocycles. The number of nitrogen functional groups attached to an aromatic ring is 1. The monoisotopic (exact) mass is 514 g/mol. The third-order valence-electron chi connectivity index (χ3n) is 6.33. The lowest BCUT2D eigenvalue weighted by molar-refractivity contribution is 0.0513. The number of nitrogens with one attached hydrogen (secondary N) is 1. The van der Waals surface area contributed by atoms with Gasteiger partial charge in [-0.2, -0.15) is 0 Å². The van der Waals surface area contributed by atoms with Crippen molar-refractivity contribution in [3.05, 3.63) is 28.6 Å². The van der Waals surface area contributed by atoms with Gasteiger partial charge in [0.1, 0.15) is 16.0 Å². The van der Waals surface area contributed by atoms with Crippen LogP contribution >= 0.6 is 35.0 Å². The number of aromatic nitrogens is 3. The van der Waals surface area contributed by atoms with Crippen LogP contribution in [0, 0.1) is 5.41 Å². The molecular weight excluding hydrogens is 487 g/mol. The molecule has 174 valence electrons. The fourth-order valence-electron chi connectivity index (χ4n) is 4.16. The Bertz CT molecular complexity index is 1020. The Labute approximate surface area is 205 Å². The van der Waals surface area contributed by atoms with E-state index in [9.17, 15) is 4.21 Å². The van der Waals surface area contributed by atoms with E-state index < -0.39 is 11.0 Å². The molecule has 2 aromatic rings. The van der Waals surface area contributed by atoms with Gasteiger partial charge in [-0.3, -0.25) is 0 Å². The van der Waals surface area contributed by atoms with Gasteiger partial charge < -0.3 is 10.6 Å². The van der Waals surface area contributed by atoms with E-state index in [-0.39, 0.29) is 15.3 Å². The quantitative estimate of drug-likeness (QED) is 0.557. The summed E-state index contributed by atoms with van der Waals surface area (Å²) in [6.45, 7) is 7.78. The predicted molar refractivity (Wildman–Crippen MR) is 133 cm³/mol. The highest BCUT2D eigenvalue weighted by atomic mass is 35.5. The van der Waals surface area contributed by atoms with Crippen molar-refractivity contribution in [2.24, 2.45) is 5.41 Å². The number of rotatable bonds is 5. The summed E-state index contributed by atoms with van der Waals surface area (Å²) in [5.74, 6) is 1.14. The molecule has 2 fully saturated rings. The van der Waals surface area contributed by atoms with E-state index in [1.54, 1.807) is 18.5 Å². The number of nitrogens with two attached hydrogens (primary N) is 1. The van der Waals surface area contributed by atoms with Gasteiger partial charge in [0.05, 0.1) is 27.0 Å². The van der Waals surface area contributed by atoms with E-state index in [1.165, 1.54) is 18.2 Å². The summed E-state index contributed by atoms with van der Waals surface area (Å²) in [6.07, 6.45) is 7.70. The Balaban J connectivity index is 1.39. The molecule has 0 aromatic carbocycles. The Morgan fingerprint density at radius 1 is 1.25 bits per heavy atom. The summed E-state index contributed by atoms with van der Waals surface area (Å²) >= 11 is 13.5. The van der Waals surface area contributed by atoms with Crippen LogP contribution < -0.4 is 15.4 Å². The maximum absolute atomic E-state index is 12.6. The molecule has 32 heavy (non-hydrogen) atoms. The highest BCUT2D eigenvalue weighted by Gasteiger charge is 2.49. The first-order valence-electron chi connectivity index (χ1n) is 10.6. The molecule has 2 aliphatic rings. The number of halogens is 2. The minimum Gasteiger partial charge on any atom is -0.381 e. The molecule has 3 heterocycles. The fraction of sp³-hybridized carbons (Fsp3) is 0.571. The molecule has 0 bridgehead atoms. The number of hydrogen-bond donors (Lipinski definition) is 2. The van der Waals surface area contributed by atoms with Crippen LogP contribution in [0.4, 0.5) is 11.6 Å². The van der Waals surface area contributed by atoms with Crippen LogP contribution in [0.1, 0.15) is 46.5 Å². The van der Waals surface area contributed by atoms with E-state index in [1.807, 2.05) is 20.8 Å². The number of anilines is 2. The van der Waals surface area contributed by atoms with Gasteiger partial charge in [-0.05, 0) is 57.9 Å². The van der Waals surface area contributed by atoms with Gasteiger partial charge in [0.25, 0.3) is 0 Å². The molecule has 3 N–H and O–H groups in total. The van der Waals surface area contributed by atoms with Gasteiger partial charge in [0.15, 0.2) is 5.82 Å². The smallest absolute Gasteiger partial charge is 0.158 e. The van der Waals surface area contributed by atoms with E-state index in [0.29, 0.717) is 21.9 Å². The van der Waals surface area contributed by atoms with Crippen LogP contribution in [0.5, 0.6) is 0 Å². The Hall–Kier alpha value is -1.13. The molecule has 11 heteroatoms. The van der Waals surface area contributed by atoms with Crippen LogP contribution in [-0.2, 0) is 11.0 Å². The molecule has 7 nitrogen and oxygen atoms in total. The lowest BCUT2D eigenvalue weighted by Crippen LogP contribution is -2.59. The summed E-state index contributed by atoms with van der Waals surface area (Å²) in [4.78, 5) is 16.1. The van der Waals surface area contributed by atoms with Crippen LogP contribution in [0.3, 0.4) is 0 Å². The third-order valence-corrected chi connectivity index (χ3v) is 9.89. The Morgan fingerprint density at radius 3 is 2.56 bits per heavy atom. The van der Waals surface area contributed by atoms with Crippen molar-refractivity contribution in [1.82, 2.24) is 19.7 Å². The molecule has 2 atom stereocenters. The molecule has 0 radical (unpaired) electrons. The molecule has 1 saturated heterocycles. The average Bonchev–Trinajstić information content (AvgIpc) is 2.75. The lowest BCUT2D eigenvalue weighted by atomic mass is 9.60. The number of nitrogens with zero attached hydrogens (tertiary/aromatic N) is 4. The Morgan fingerprint density at radius 2 is 1.97 bits per heavy atom. The lowest BCUT2D eigenvalue weighted by Gasteiger charge is -2.54. The van der Waals surface area contributed by atoms with Crippen molar-refractivity contribution in [2.45, 2.75) is 67.2 Å². The number of pyridine rings is 1. The average molecular weight is 516 g/mol. The second-order valence-corrected chi connectivity index (χ2v) is 13.1. The van der Waals surface area contributed by atoms with Gasteiger partial charge in [0.2, 0.25) is 0 Å². The number of hydrogen-bond acceptors (Lipinski definition) is 7. The largest absolute Gasteiger partial charge is 0.381 e. The SMILES string of the molecule is CC(C)(C)[S@@](=O)NC1CCC12CCN(c1cnc(Sc3ccnc(Cl)c3Cl)c(N)n1)CC2. The van der Waals surface area contributed by atoms with E-state index in [0.717, 1.165) is 43.1 Å². The molecule has 1 spiro atoms. The summed E-state index contributed by atoms with van der Waals surface area (Å²) in [5.41, 5.74) is 6.44. The summed E-state index contributed by atoms with van der Waals surface area (Å²) in [5, 5.41) is 1.21. The van der Waals surface area contributed by atoms with Crippen molar-refractivity contribution < 1.29 is 4.21 Å². The summed E-state index contributed by atoms with van der Waals surface area (Å²) in [7, 11) is -1.04. The zero-order valence-corrected chi connectivity index (χ0v) is 21.5. The minimum absolute atomic E-state index is 0.226. The van der Waals surface area contributed by atoms with Crippen molar-refractivity contribution in [2.75, 3.05) is 23.7 Å². The maximum atomic E-state index is 12.6. The zero-order chi connectivity index (χ0) is 23.1. The van der Waals surface area contributed by atoms with Gasteiger partial charge in [-0.15, -0.1) is 0 Å². The van der Waals surface area contributed by atoms with Crippen LogP contribution in [0.25, 0.3) is 0 Å². The standard InChI is InChI=1S/C21H28Cl2N6OS2/c1-20(2,3)32(30)28-14-4-6-21(14)7-10-29(11-8-21)15-12-26-19(18(24)27-15)31-13-5-9-25-17(23)16(13)22/h5,9,12,14,28H,4,6-8,10-11H2,1-3H3,(H2,24,27)/t14?,32-/m1/s1. The van der Waals surface area contributed by atoms with Gasteiger partial charge in [-0.25, -0.2) is 23.9 Å². The van der Waals surface area contributed by atoms with Crippen LogP contribution in [0.15, 0.2) is 28.4 Å². The van der Waals surface area contributed by atoms with Crippen molar-refractivity contribution >= 4 is 57.6 Å². The topological polar surface area (TPSA) is 97.0 Å². The number of piperidine rings is 1. The molecule has 2 aromatic heterocycles. The van der Waals surface area contributed by atoms with E-state index in [2.05, 4.69) is 24.6 Å². The second-order valence-electron chi connectivity index (χ2n) is 9.37. The van der Waals surface area contributed by atoms with Crippen molar-refractivity contribution in [1.29, 1.82) is 0 Å². The zero-order valence-electron chi connectivity index (χ0n) is 18.4. The second kappa shape index (κ2) is 9.25. The first-order valence-corrected chi connectivity index (χ1v) is 13.3. The van der Waals surface area contributed by atoms with Crippen molar-refractivity contribution in [3.8, 4) is 0 Å². The highest BCUT2D eigenvalue weighted by molar-refractivity contribution is 7.99. The fourth-order valence-corrected chi connectivity index (χ4v) is 6.37. The van der Waals surface area contributed by atoms with Crippen molar-refractivity contribution in [3.63, 3.8) is 0 Å². The molecule has 1 saturated carbocycles. The predicted octanol–water partition coefficient (Wildman–Crippen LogP) is 4.71.